The molecule has 0 aliphatic carbocycles. The van der Waals surface area contributed by atoms with Crippen LogP contribution in [0.25, 0.3) is 0 Å². The Labute approximate surface area is 214 Å². The second-order valence-electron chi connectivity index (χ2n) is 7.93. The molecule has 1 N–H and O–H groups in total. The molecule has 0 radical (unpaired) electrons. The third-order valence-corrected chi connectivity index (χ3v) is 5.47. The molecule has 36 heavy (non-hydrogen) atoms. The summed E-state index contributed by atoms with van der Waals surface area (Å²) in [5.41, 5.74) is 6.06. The van der Waals surface area contributed by atoms with Crippen LogP contribution in [0, 0.1) is 6.92 Å². The van der Waals surface area contributed by atoms with Gasteiger partial charge in [0.15, 0.2) is 0 Å². The van der Waals surface area contributed by atoms with E-state index >= 15 is 0 Å². The average molecular weight is 499 g/mol. The van der Waals surface area contributed by atoms with Crippen LogP contribution in [0.5, 0.6) is 11.5 Å². The summed E-state index contributed by atoms with van der Waals surface area (Å²) in [5, 5.41) is 4.54. The van der Waals surface area contributed by atoms with Crippen LogP contribution in [0.3, 0.4) is 0 Å². The van der Waals surface area contributed by atoms with Crippen molar-refractivity contribution in [3.05, 3.63) is 130 Å². The van der Waals surface area contributed by atoms with Gasteiger partial charge in [-0.2, -0.15) is 5.10 Å². The Morgan fingerprint density at radius 3 is 2.25 bits per heavy atom. The van der Waals surface area contributed by atoms with E-state index < -0.39 is 5.97 Å². The Morgan fingerprint density at radius 1 is 0.861 bits per heavy atom. The van der Waals surface area contributed by atoms with E-state index in [0.717, 1.165) is 5.56 Å². The number of hydrogen-bond acceptors (Lipinski definition) is 5. The first-order chi connectivity index (χ1) is 17.5. The highest BCUT2D eigenvalue weighted by molar-refractivity contribution is 6.30. The zero-order valence-corrected chi connectivity index (χ0v) is 20.2. The van der Waals surface area contributed by atoms with Gasteiger partial charge in [-0.05, 0) is 73.2 Å². The zero-order chi connectivity index (χ0) is 25.3. The van der Waals surface area contributed by atoms with Gasteiger partial charge in [0.1, 0.15) is 18.1 Å². The standard InChI is InChI=1S/C29H23ClN2O4/c1-20-6-8-21(9-7-20)19-35-26-16-12-22(13-17-26)28(33)32-31-18-24-4-2-3-5-27(24)36-29(34)23-10-14-25(30)15-11-23/h2-18H,19H2,1H3,(H,32,33)/b31-18+. The summed E-state index contributed by atoms with van der Waals surface area (Å²) in [6.45, 7) is 2.48. The van der Waals surface area contributed by atoms with Gasteiger partial charge in [-0.15, -0.1) is 0 Å². The minimum Gasteiger partial charge on any atom is -0.489 e. The lowest BCUT2D eigenvalue weighted by Gasteiger charge is -2.08. The molecule has 0 saturated heterocycles. The lowest BCUT2D eigenvalue weighted by Crippen LogP contribution is -2.17. The molecule has 0 aliphatic rings. The van der Waals surface area contributed by atoms with Gasteiger partial charge in [-0.1, -0.05) is 53.6 Å². The van der Waals surface area contributed by atoms with E-state index in [1.54, 1.807) is 72.8 Å². The predicted octanol–water partition coefficient (Wildman–Crippen LogP) is 6.21. The summed E-state index contributed by atoms with van der Waals surface area (Å²) in [6, 6.07) is 28.2. The van der Waals surface area contributed by atoms with Gasteiger partial charge in [0.05, 0.1) is 11.8 Å². The third kappa shape index (κ3) is 6.81. The normalized spacial score (nSPS) is 10.7. The molecule has 180 valence electrons. The fraction of sp³-hybridized carbons (Fsp3) is 0.0690. The van der Waals surface area contributed by atoms with Crippen LogP contribution in [0.1, 0.15) is 37.4 Å². The summed E-state index contributed by atoms with van der Waals surface area (Å²) in [5.74, 6) is 0.0609. The molecular weight excluding hydrogens is 476 g/mol. The number of esters is 1. The number of para-hydroxylation sites is 1. The molecular formula is C29H23ClN2O4. The van der Waals surface area contributed by atoms with Crippen molar-refractivity contribution in [1.82, 2.24) is 5.43 Å². The maximum absolute atomic E-state index is 12.5. The predicted molar refractivity (Wildman–Crippen MR) is 140 cm³/mol. The summed E-state index contributed by atoms with van der Waals surface area (Å²) in [7, 11) is 0. The van der Waals surface area contributed by atoms with Crippen LogP contribution < -0.4 is 14.9 Å². The second kappa shape index (κ2) is 11.8. The van der Waals surface area contributed by atoms with Gasteiger partial charge in [-0.25, -0.2) is 10.2 Å². The smallest absolute Gasteiger partial charge is 0.343 e. The minimum atomic E-state index is -0.527. The number of ether oxygens (including phenoxy) is 2. The monoisotopic (exact) mass is 498 g/mol. The first-order valence-electron chi connectivity index (χ1n) is 11.2. The van der Waals surface area contributed by atoms with Gasteiger partial charge in [0, 0.05) is 16.1 Å². The van der Waals surface area contributed by atoms with E-state index in [4.69, 9.17) is 21.1 Å². The Morgan fingerprint density at radius 2 is 1.53 bits per heavy atom. The van der Waals surface area contributed by atoms with Gasteiger partial charge >= 0.3 is 5.97 Å². The minimum absolute atomic E-state index is 0.311. The van der Waals surface area contributed by atoms with Gasteiger partial charge < -0.3 is 9.47 Å². The number of benzene rings is 4. The lowest BCUT2D eigenvalue weighted by atomic mass is 10.2. The van der Waals surface area contributed by atoms with Crippen molar-refractivity contribution in [2.75, 3.05) is 0 Å². The topological polar surface area (TPSA) is 77.0 Å². The first kappa shape index (κ1) is 24.7. The molecule has 4 rings (SSSR count). The summed E-state index contributed by atoms with van der Waals surface area (Å²) >= 11 is 5.87. The van der Waals surface area contributed by atoms with Gasteiger partial charge in [0.25, 0.3) is 5.91 Å². The molecule has 0 aromatic heterocycles. The van der Waals surface area contributed by atoms with Crippen LogP contribution in [0.2, 0.25) is 5.02 Å². The number of carbonyl (C=O) groups is 2. The summed E-state index contributed by atoms with van der Waals surface area (Å²) in [6.07, 6.45) is 1.42. The molecule has 0 saturated carbocycles. The molecule has 0 atom stereocenters. The maximum Gasteiger partial charge on any atom is 0.343 e. The Bertz CT molecular complexity index is 1370. The van der Waals surface area contributed by atoms with E-state index in [9.17, 15) is 9.59 Å². The molecule has 0 unspecified atom stereocenters. The zero-order valence-electron chi connectivity index (χ0n) is 19.5. The highest BCUT2D eigenvalue weighted by atomic mass is 35.5. The summed E-state index contributed by atoms with van der Waals surface area (Å²) in [4.78, 5) is 24.9. The van der Waals surface area contributed by atoms with E-state index in [1.807, 2.05) is 31.2 Å². The number of aryl methyl sites for hydroxylation is 1. The fourth-order valence-corrected chi connectivity index (χ4v) is 3.33. The van der Waals surface area contributed by atoms with E-state index in [-0.39, 0.29) is 5.91 Å². The lowest BCUT2D eigenvalue weighted by molar-refractivity contribution is 0.0734. The number of hydrogen-bond donors (Lipinski definition) is 1. The Balaban J connectivity index is 1.33. The molecule has 0 heterocycles. The van der Waals surface area contributed by atoms with Crippen molar-refractivity contribution in [2.45, 2.75) is 13.5 Å². The summed E-state index contributed by atoms with van der Waals surface area (Å²) < 4.78 is 11.3. The quantitative estimate of drug-likeness (QED) is 0.135. The largest absolute Gasteiger partial charge is 0.489 e. The molecule has 1 amide bonds. The third-order valence-electron chi connectivity index (χ3n) is 5.21. The molecule has 4 aromatic carbocycles. The number of rotatable bonds is 8. The molecule has 0 fully saturated rings. The molecule has 6 nitrogen and oxygen atoms in total. The first-order valence-corrected chi connectivity index (χ1v) is 11.5. The van der Waals surface area contributed by atoms with Gasteiger partial charge in [0.2, 0.25) is 0 Å². The second-order valence-corrected chi connectivity index (χ2v) is 8.37. The Hall–Kier alpha value is -4.42. The number of amides is 1. The van der Waals surface area contributed by atoms with E-state index in [2.05, 4.69) is 10.5 Å². The highest BCUT2D eigenvalue weighted by Gasteiger charge is 2.11. The van der Waals surface area contributed by atoms with Crippen LogP contribution >= 0.6 is 11.6 Å². The van der Waals surface area contributed by atoms with Crippen LogP contribution in [0.4, 0.5) is 0 Å². The molecule has 7 heteroatoms. The number of halogens is 1. The molecule has 0 aliphatic heterocycles. The van der Waals surface area contributed by atoms with Gasteiger partial charge in [-0.3, -0.25) is 4.79 Å². The van der Waals surface area contributed by atoms with Crippen molar-refractivity contribution in [3.8, 4) is 11.5 Å². The van der Waals surface area contributed by atoms with Crippen LogP contribution in [-0.4, -0.2) is 18.1 Å². The fourth-order valence-electron chi connectivity index (χ4n) is 3.20. The van der Waals surface area contributed by atoms with Crippen LogP contribution in [0.15, 0.2) is 102 Å². The van der Waals surface area contributed by atoms with Crippen molar-refractivity contribution in [1.29, 1.82) is 0 Å². The number of hydrazone groups is 1. The molecule has 0 bridgehead atoms. The van der Waals surface area contributed by atoms with Crippen molar-refractivity contribution in [3.63, 3.8) is 0 Å². The van der Waals surface area contributed by atoms with Crippen molar-refractivity contribution >= 4 is 29.7 Å². The van der Waals surface area contributed by atoms with E-state index in [0.29, 0.717) is 39.8 Å². The molecule has 4 aromatic rings. The molecule has 0 spiro atoms. The van der Waals surface area contributed by atoms with Crippen molar-refractivity contribution in [2.24, 2.45) is 5.10 Å². The highest BCUT2D eigenvalue weighted by Crippen LogP contribution is 2.19. The van der Waals surface area contributed by atoms with E-state index in [1.165, 1.54) is 11.8 Å². The number of carbonyl (C=O) groups excluding carboxylic acids is 2. The van der Waals surface area contributed by atoms with Crippen LogP contribution in [-0.2, 0) is 6.61 Å². The SMILES string of the molecule is Cc1ccc(COc2ccc(C(=O)N/N=C/c3ccccc3OC(=O)c3ccc(Cl)cc3)cc2)cc1. The average Bonchev–Trinajstić information content (AvgIpc) is 2.90. The number of nitrogens with zero attached hydrogens (tertiary/aromatic N) is 1. The Kier molecular flexibility index (Phi) is 8.11. The number of nitrogens with one attached hydrogen (secondary N) is 1. The van der Waals surface area contributed by atoms with Crippen molar-refractivity contribution < 1.29 is 19.1 Å². The maximum atomic E-state index is 12.5.